The van der Waals surface area contributed by atoms with Gasteiger partial charge in [0, 0.05) is 30.2 Å². The predicted molar refractivity (Wildman–Crippen MR) is 119 cm³/mol. The molecule has 0 saturated carbocycles. The number of sulfonamides is 1. The lowest BCUT2D eigenvalue weighted by atomic mass is 10.0. The van der Waals surface area contributed by atoms with E-state index in [0.29, 0.717) is 18.1 Å². The highest BCUT2D eigenvalue weighted by atomic mass is 35.5. The van der Waals surface area contributed by atoms with E-state index in [1.54, 1.807) is 35.2 Å². The Labute approximate surface area is 188 Å². The Kier molecular flexibility index (Phi) is 6.95. The molecule has 0 bridgehead atoms. The molecule has 1 saturated heterocycles. The molecule has 1 amide bonds. The summed E-state index contributed by atoms with van der Waals surface area (Å²) in [7, 11) is -2.55. The zero-order chi connectivity index (χ0) is 22.8. The van der Waals surface area contributed by atoms with Crippen LogP contribution < -0.4 is 9.46 Å². The number of amides is 1. The van der Waals surface area contributed by atoms with Crippen LogP contribution in [0.4, 0.5) is 0 Å². The summed E-state index contributed by atoms with van der Waals surface area (Å²) in [5.74, 6) is -0.0872. The standard InChI is InChI=1S/C22H27ClN2O5S/c1-15-13-25(14-22(2,3)30-15)21(26)17-7-10-19(29-4)20(11-17)31(27,28)24-12-16-5-8-18(23)9-6-16/h5-11,15,24H,12-14H2,1-4H3. The molecule has 0 aliphatic carbocycles. The predicted octanol–water partition coefficient (Wildman–Crippen LogP) is 3.47. The lowest BCUT2D eigenvalue weighted by Gasteiger charge is -2.41. The summed E-state index contributed by atoms with van der Waals surface area (Å²) in [6, 6.07) is 11.3. The fourth-order valence-corrected chi connectivity index (χ4v) is 5.01. The van der Waals surface area contributed by atoms with Crippen LogP contribution in [0.3, 0.4) is 0 Å². The molecule has 1 heterocycles. The highest BCUT2D eigenvalue weighted by Crippen LogP contribution is 2.27. The van der Waals surface area contributed by atoms with Crippen molar-refractivity contribution in [2.45, 2.75) is 43.9 Å². The van der Waals surface area contributed by atoms with Gasteiger partial charge in [0.25, 0.3) is 5.91 Å². The number of nitrogens with zero attached hydrogens (tertiary/aromatic N) is 1. The summed E-state index contributed by atoms with van der Waals surface area (Å²) in [5.41, 5.74) is 0.552. The van der Waals surface area contributed by atoms with Crippen molar-refractivity contribution in [3.63, 3.8) is 0 Å². The molecule has 3 rings (SSSR count). The molecule has 168 valence electrons. The number of carbonyl (C=O) groups is 1. The summed E-state index contributed by atoms with van der Waals surface area (Å²) < 4.78 is 39.7. The molecule has 1 N–H and O–H groups in total. The van der Waals surface area contributed by atoms with Crippen molar-refractivity contribution in [3.05, 3.63) is 58.6 Å². The van der Waals surface area contributed by atoms with Crippen molar-refractivity contribution in [1.29, 1.82) is 0 Å². The maximum absolute atomic E-state index is 13.1. The molecule has 1 aliphatic heterocycles. The first-order chi connectivity index (χ1) is 14.5. The van der Waals surface area contributed by atoms with Crippen LogP contribution in [0.2, 0.25) is 5.02 Å². The largest absolute Gasteiger partial charge is 0.495 e. The Morgan fingerprint density at radius 3 is 2.55 bits per heavy atom. The molecule has 0 spiro atoms. The molecule has 2 aromatic rings. The minimum atomic E-state index is -3.94. The van der Waals surface area contributed by atoms with E-state index in [-0.39, 0.29) is 34.8 Å². The van der Waals surface area contributed by atoms with E-state index < -0.39 is 15.6 Å². The average Bonchev–Trinajstić information content (AvgIpc) is 2.71. The number of ether oxygens (including phenoxy) is 2. The number of morpholine rings is 1. The van der Waals surface area contributed by atoms with Crippen LogP contribution in [-0.4, -0.2) is 51.1 Å². The van der Waals surface area contributed by atoms with Gasteiger partial charge in [-0.3, -0.25) is 4.79 Å². The van der Waals surface area contributed by atoms with Crippen LogP contribution in [-0.2, 0) is 21.3 Å². The van der Waals surface area contributed by atoms with Gasteiger partial charge in [0.15, 0.2) is 0 Å². The van der Waals surface area contributed by atoms with E-state index in [1.807, 2.05) is 20.8 Å². The maximum atomic E-state index is 13.1. The van der Waals surface area contributed by atoms with Crippen molar-refractivity contribution in [3.8, 4) is 5.75 Å². The Balaban J connectivity index is 1.85. The number of hydrogen-bond acceptors (Lipinski definition) is 5. The van der Waals surface area contributed by atoms with Crippen molar-refractivity contribution >= 4 is 27.5 Å². The summed E-state index contributed by atoms with van der Waals surface area (Å²) in [5, 5.41) is 0.570. The number of hydrogen-bond donors (Lipinski definition) is 1. The molecule has 9 heteroatoms. The fraction of sp³-hybridized carbons (Fsp3) is 0.409. The highest BCUT2D eigenvalue weighted by Gasteiger charge is 2.34. The van der Waals surface area contributed by atoms with E-state index in [9.17, 15) is 13.2 Å². The topological polar surface area (TPSA) is 84.9 Å². The number of halogens is 1. The first-order valence-electron chi connectivity index (χ1n) is 9.90. The van der Waals surface area contributed by atoms with Gasteiger partial charge in [0.2, 0.25) is 10.0 Å². The second-order valence-corrected chi connectivity index (χ2v) is 10.4. The zero-order valence-electron chi connectivity index (χ0n) is 18.0. The summed E-state index contributed by atoms with van der Waals surface area (Å²) >= 11 is 5.88. The van der Waals surface area contributed by atoms with Gasteiger partial charge in [0.1, 0.15) is 10.6 Å². The van der Waals surface area contributed by atoms with Crippen molar-refractivity contribution < 1.29 is 22.7 Å². The van der Waals surface area contributed by atoms with Crippen LogP contribution in [0.1, 0.15) is 36.7 Å². The molecule has 1 fully saturated rings. The Hall–Kier alpha value is -2.13. The lowest BCUT2D eigenvalue weighted by molar-refractivity contribution is -0.118. The number of carbonyl (C=O) groups excluding carboxylic acids is 1. The van der Waals surface area contributed by atoms with E-state index >= 15 is 0 Å². The molecule has 0 aromatic heterocycles. The van der Waals surface area contributed by atoms with E-state index in [0.717, 1.165) is 5.56 Å². The third-order valence-corrected chi connectivity index (χ3v) is 6.61. The quantitative estimate of drug-likeness (QED) is 0.704. The summed E-state index contributed by atoms with van der Waals surface area (Å²) in [6.07, 6.45) is -0.116. The van der Waals surface area contributed by atoms with Gasteiger partial charge < -0.3 is 14.4 Å². The molecule has 1 aliphatic rings. The van der Waals surface area contributed by atoms with Gasteiger partial charge in [-0.2, -0.15) is 0 Å². The van der Waals surface area contributed by atoms with Gasteiger partial charge in [-0.05, 0) is 56.7 Å². The van der Waals surface area contributed by atoms with Gasteiger partial charge in [0.05, 0.1) is 18.8 Å². The van der Waals surface area contributed by atoms with Gasteiger partial charge in [-0.25, -0.2) is 13.1 Å². The second-order valence-electron chi connectivity index (χ2n) is 8.19. The van der Waals surface area contributed by atoms with E-state index in [1.165, 1.54) is 19.2 Å². The third kappa shape index (κ3) is 5.77. The SMILES string of the molecule is COc1ccc(C(=O)N2CC(C)OC(C)(C)C2)cc1S(=O)(=O)NCc1ccc(Cl)cc1. The van der Waals surface area contributed by atoms with Crippen molar-refractivity contribution in [1.82, 2.24) is 9.62 Å². The number of nitrogens with one attached hydrogen (secondary N) is 1. The summed E-state index contributed by atoms with van der Waals surface area (Å²) in [4.78, 5) is 14.7. The number of rotatable bonds is 6. The minimum absolute atomic E-state index is 0.0794. The van der Waals surface area contributed by atoms with Gasteiger partial charge in [-0.1, -0.05) is 23.7 Å². The van der Waals surface area contributed by atoms with Crippen molar-refractivity contribution in [2.75, 3.05) is 20.2 Å². The van der Waals surface area contributed by atoms with Crippen LogP contribution in [0.25, 0.3) is 0 Å². The van der Waals surface area contributed by atoms with Crippen LogP contribution in [0, 0.1) is 0 Å². The lowest BCUT2D eigenvalue weighted by Crippen LogP contribution is -2.53. The zero-order valence-corrected chi connectivity index (χ0v) is 19.6. The molecular formula is C22H27ClN2O5S. The molecule has 1 atom stereocenters. The average molecular weight is 467 g/mol. The molecule has 1 unspecified atom stereocenters. The molecule has 7 nitrogen and oxygen atoms in total. The first kappa shape index (κ1) is 23.5. The van der Waals surface area contributed by atoms with Crippen LogP contribution in [0.5, 0.6) is 5.75 Å². The molecule has 2 aromatic carbocycles. The van der Waals surface area contributed by atoms with Gasteiger partial charge in [-0.15, -0.1) is 0 Å². The molecule has 0 radical (unpaired) electrons. The molecule has 31 heavy (non-hydrogen) atoms. The fourth-order valence-electron chi connectivity index (χ4n) is 3.67. The number of methoxy groups -OCH3 is 1. The summed E-state index contributed by atoms with van der Waals surface area (Å²) in [6.45, 7) is 6.69. The van der Waals surface area contributed by atoms with Crippen molar-refractivity contribution in [2.24, 2.45) is 0 Å². The monoisotopic (exact) mass is 466 g/mol. The number of benzene rings is 2. The van der Waals surface area contributed by atoms with E-state index in [2.05, 4.69) is 4.72 Å². The van der Waals surface area contributed by atoms with Gasteiger partial charge >= 0.3 is 0 Å². The molecular weight excluding hydrogens is 440 g/mol. The smallest absolute Gasteiger partial charge is 0.254 e. The minimum Gasteiger partial charge on any atom is -0.495 e. The highest BCUT2D eigenvalue weighted by molar-refractivity contribution is 7.89. The normalized spacial score (nSPS) is 18.6. The second kappa shape index (κ2) is 9.16. The Bertz CT molecular complexity index is 1050. The Morgan fingerprint density at radius 1 is 1.26 bits per heavy atom. The van der Waals surface area contributed by atoms with E-state index in [4.69, 9.17) is 21.1 Å². The van der Waals surface area contributed by atoms with Crippen LogP contribution in [0.15, 0.2) is 47.4 Å². The maximum Gasteiger partial charge on any atom is 0.254 e. The Morgan fingerprint density at radius 2 is 1.94 bits per heavy atom. The third-order valence-electron chi connectivity index (χ3n) is 4.94. The van der Waals surface area contributed by atoms with Crippen LogP contribution >= 0.6 is 11.6 Å². The first-order valence-corrected chi connectivity index (χ1v) is 11.8.